The summed E-state index contributed by atoms with van der Waals surface area (Å²) >= 11 is 0. The van der Waals surface area contributed by atoms with Crippen molar-refractivity contribution < 1.29 is 19.0 Å². The van der Waals surface area contributed by atoms with E-state index in [-0.39, 0.29) is 5.91 Å². The second kappa shape index (κ2) is 8.52. The van der Waals surface area contributed by atoms with E-state index >= 15 is 0 Å². The summed E-state index contributed by atoms with van der Waals surface area (Å²) < 4.78 is 16.2. The Hall–Kier alpha value is -3.74. The van der Waals surface area contributed by atoms with Crippen LogP contribution in [0.1, 0.15) is 16.1 Å². The monoisotopic (exact) mass is 391 g/mol. The van der Waals surface area contributed by atoms with Crippen LogP contribution in [0.15, 0.2) is 60.8 Å². The van der Waals surface area contributed by atoms with Crippen molar-refractivity contribution in [1.29, 1.82) is 0 Å². The molecule has 0 unspecified atom stereocenters. The molecule has 0 bridgehead atoms. The topological polar surface area (TPSA) is 81.7 Å². The Balaban J connectivity index is 1.40. The lowest BCUT2D eigenvalue weighted by Gasteiger charge is -2.19. The Bertz CT molecular complexity index is 1010. The first kappa shape index (κ1) is 18.6. The number of amides is 1. The average Bonchev–Trinajstić information content (AvgIpc) is 2.78. The van der Waals surface area contributed by atoms with E-state index in [9.17, 15) is 4.79 Å². The van der Waals surface area contributed by atoms with E-state index in [1.165, 1.54) is 0 Å². The smallest absolute Gasteiger partial charge is 0.274 e. The zero-order valence-corrected chi connectivity index (χ0v) is 16.0. The highest BCUT2D eigenvalue weighted by Crippen LogP contribution is 2.32. The molecule has 0 spiro atoms. The highest BCUT2D eigenvalue weighted by molar-refractivity contribution is 6.03. The van der Waals surface area contributed by atoms with E-state index in [1.54, 1.807) is 37.6 Å². The number of methoxy groups -OCH3 is 1. The number of nitrogens with zero attached hydrogens (tertiary/aromatic N) is 1. The molecule has 0 atom stereocenters. The second-order valence-corrected chi connectivity index (χ2v) is 6.44. The van der Waals surface area contributed by atoms with Gasteiger partial charge >= 0.3 is 0 Å². The Kier molecular flexibility index (Phi) is 5.47. The van der Waals surface area contributed by atoms with Gasteiger partial charge in [0.25, 0.3) is 5.91 Å². The molecule has 2 heterocycles. The van der Waals surface area contributed by atoms with Crippen LogP contribution in [0.5, 0.6) is 17.2 Å². The van der Waals surface area contributed by atoms with Crippen LogP contribution >= 0.6 is 0 Å². The molecule has 1 aromatic heterocycles. The Morgan fingerprint density at radius 3 is 2.59 bits per heavy atom. The number of hydrogen-bond acceptors (Lipinski definition) is 6. The van der Waals surface area contributed by atoms with Gasteiger partial charge in [0.15, 0.2) is 11.5 Å². The summed E-state index contributed by atoms with van der Waals surface area (Å²) in [6.07, 6.45) is 1.61. The van der Waals surface area contributed by atoms with Crippen molar-refractivity contribution >= 4 is 17.3 Å². The summed E-state index contributed by atoms with van der Waals surface area (Å²) in [7, 11) is 1.64. The fourth-order valence-corrected chi connectivity index (χ4v) is 2.93. The summed E-state index contributed by atoms with van der Waals surface area (Å²) in [5, 5.41) is 6.14. The first-order chi connectivity index (χ1) is 14.2. The van der Waals surface area contributed by atoms with Gasteiger partial charge in [-0.2, -0.15) is 0 Å². The zero-order chi connectivity index (χ0) is 20.1. The molecule has 4 rings (SSSR count). The van der Waals surface area contributed by atoms with Gasteiger partial charge < -0.3 is 24.8 Å². The van der Waals surface area contributed by atoms with Gasteiger partial charge in [-0.15, -0.1) is 0 Å². The van der Waals surface area contributed by atoms with Crippen LogP contribution in [0, 0.1) is 0 Å². The van der Waals surface area contributed by atoms with Crippen molar-refractivity contribution in [3.05, 3.63) is 72.1 Å². The van der Waals surface area contributed by atoms with Gasteiger partial charge in [0.05, 0.1) is 7.11 Å². The molecule has 0 saturated carbocycles. The van der Waals surface area contributed by atoms with Gasteiger partial charge in [-0.3, -0.25) is 9.78 Å². The lowest BCUT2D eigenvalue weighted by molar-refractivity contribution is 0.102. The minimum Gasteiger partial charge on any atom is -0.497 e. The molecular formula is C22H21N3O4. The largest absolute Gasteiger partial charge is 0.497 e. The van der Waals surface area contributed by atoms with Crippen LogP contribution in [-0.4, -0.2) is 31.2 Å². The summed E-state index contributed by atoms with van der Waals surface area (Å²) in [6, 6.07) is 16.7. The maximum absolute atomic E-state index is 12.6. The van der Waals surface area contributed by atoms with Crippen molar-refractivity contribution in [2.24, 2.45) is 0 Å². The minimum atomic E-state index is -0.297. The molecule has 1 aliphatic rings. The number of benzene rings is 2. The van der Waals surface area contributed by atoms with Gasteiger partial charge in [0.2, 0.25) is 0 Å². The Morgan fingerprint density at radius 1 is 1.00 bits per heavy atom. The number of rotatable bonds is 6. The van der Waals surface area contributed by atoms with E-state index in [4.69, 9.17) is 14.2 Å². The Morgan fingerprint density at radius 2 is 1.79 bits per heavy atom. The molecule has 0 aliphatic carbocycles. The molecule has 2 aromatic carbocycles. The highest BCUT2D eigenvalue weighted by Gasteiger charge is 2.14. The van der Waals surface area contributed by atoms with E-state index in [0.717, 1.165) is 17.0 Å². The van der Waals surface area contributed by atoms with Crippen molar-refractivity contribution in [3.63, 3.8) is 0 Å². The normalized spacial score (nSPS) is 12.2. The molecule has 1 amide bonds. The fraction of sp³-hybridized carbons (Fsp3) is 0.182. The van der Waals surface area contributed by atoms with Gasteiger partial charge in [-0.25, -0.2) is 0 Å². The highest BCUT2D eigenvalue weighted by atomic mass is 16.6. The number of pyridine rings is 1. The number of carbonyl (C=O) groups excluding carboxylic acids is 1. The predicted octanol–water partition coefficient (Wildman–Crippen LogP) is 3.73. The third-order valence-electron chi connectivity index (χ3n) is 4.45. The van der Waals surface area contributed by atoms with E-state index < -0.39 is 0 Å². The lowest BCUT2D eigenvalue weighted by atomic mass is 10.2. The number of aromatic nitrogens is 1. The number of hydrogen-bond donors (Lipinski definition) is 2. The van der Waals surface area contributed by atoms with Crippen LogP contribution in [-0.2, 0) is 6.54 Å². The standard InChI is InChI=1S/C22H21N3O4/c1-27-18-5-2-15(3-6-18)14-24-16-8-9-23-19(12-16)22(26)25-17-4-7-20-21(13-17)29-11-10-28-20/h2-9,12-13H,10-11,14H2,1H3,(H,23,24)(H,25,26). The maximum Gasteiger partial charge on any atom is 0.274 e. The summed E-state index contributed by atoms with van der Waals surface area (Å²) in [5.74, 6) is 1.82. The molecule has 3 aromatic rings. The summed E-state index contributed by atoms with van der Waals surface area (Å²) in [4.78, 5) is 16.8. The molecule has 7 nitrogen and oxygen atoms in total. The second-order valence-electron chi connectivity index (χ2n) is 6.44. The summed E-state index contributed by atoms with van der Waals surface area (Å²) in [6.45, 7) is 1.64. The minimum absolute atomic E-state index is 0.297. The molecule has 1 aliphatic heterocycles. The van der Waals surface area contributed by atoms with Crippen molar-refractivity contribution in [1.82, 2.24) is 4.98 Å². The van der Waals surface area contributed by atoms with Crippen LogP contribution < -0.4 is 24.8 Å². The third-order valence-corrected chi connectivity index (χ3v) is 4.45. The van der Waals surface area contributed by atoms with Crippen LogP contribution in [0.2, 0.25) is 0 Å². The molecule has 0 saturated heterocycles. The summed E-state index contributed by atoms with van der Waals surface area (Å²) in [5.41, 5.74) is 2.85. The number of fused-ring (bicyclic) bond motifs is 1. The van der Waals surface area contributed by atoms with E-state index in [0.29, 0.717) is 42.6 Å². The number of nitrogens with one attached hydrogen (secondary N) is 2. The Labute approximate surface area is 168 Å². The maximum atomic E-state index is 12.6. The number of carbonyl (C=O) groups is 1. The molecule has 2 N–H and O–H groups in total. The van der Waals surface area contributed by atoms with Gasteiger partial charge in [-0.1, -0.05) is 12.1 Å². The molecule has 29 heavy (non-hydrogen) atoms. The third kappa shape index (κ3) is 4.57. The molecule has 0 fully saturated rings. The number of anilines is 2. The predicted molar refractivity (Wildman–Crippen MR) is 110 cm³/mol. The van der Waals surface area contributed by atoms with Crippen molar-refractivity contribution in [2.45, 2.75) is 6.54 Å². The lowest BCUT2D eigenvalue weighted by Crippen LogP contribution is -2.17. The quantitative estimate of drug-likeness (QED) is 0.666. The first-order valence-electron chi connectivity index (χ1n) is 9.25. The van der Waals surface area contributed by atoms with Gasteiger partial charge in [0.1, 0.15) is 24.7 Å². The fourth-order valence-electron chi connectivity index (χ4n) is 2.93. The van der Waals surface area contributed by atoms with Crippen LogP contribution in [0.4, 0.5) is 11.4 Å². The van der Waals surface area contributed by atoms with Gasteiger partial charge in [0, 0.05) is 30.2 Å². The van der Waals surface area contributed by atoms with E-state index in [1.807, 2.05) is 30.3 Å². The zero-order valence-electron chi connectivity index (χ0n) is 16.0. The van der Waals surface area contributed by atoms with Crippen molar-refractivity contribution in [3.8, 4) is 17.2 Å². The van der Waals surface area contributed by atoms with Crippen LogP contribution in [0.3, 0.4) is 0 Å². The number of ether oxygens (including phenoxy) is 3. The molecule has 148 valence electrons. The van der Waals surface area contributed by atoms with E-state index in [2.05, 4.69) is 15.6 Å². The first-order valence-corrected chi connectivity index (χ1v) is 9.25. The molecule has 7 heteroatoms. The van der Waals surface area contributed by atoms with Crippen molar-refractivity contribution in [2.75, 3.05) is 31.0 Å². The molecular weight excluding hydrogens is 370 g/mol. The SMILES string of the molecule is COc1ccc(CNc2ccnc(C(=O)Nc3ccc4c(c3)OCCO4)c2)cc1. The van der Waals surface area contributed by atoms with Gasteiger partial charge in [-0.05, 0) is 42.0 Å². The van der Waals surface area contributed by atoms with Crippen LogP contribution in [0.25, 0.3) is 0 Å². The molecule has 0 radical (unpaired) electrons. The average molecular weight is 391 g/mol.